The van der Waals surface area contributed by atoms with Crippen molar-refractivity contribution >= 4 is 21.9 Å². The van der Waals surface area contributed by atoms with Crippen LogP contribution in [0, 0.1) is 24.0 Å². The molecule has 1 N–H and O–H groups in total. The molecule has 0 bridgehead atoms. The Labute approximate surface area is 133 Å². The summed E-state index contributed by atoms with van der Waals surface area (Å²) in [7, 11) is -3.76. The molecule has 0 heterocycles. The van der Waals surface area contributed by atoms with Gasteiger partial charge in [-0.25, -0.2) is 4.83 Å². The first kappa shape index (κ1) is 16.6. The molecule has 0 unspecified atom stereocenters. The summed E-state index contributed by atoms with van der Waals surface area (Å²) >= 11 is 0. The van der Waals surface area contributed by atoms with E-state index in [4.69, 9.17) is 0 Å². The minimum atomic E-state index is -3.76. The summed E-state index contributed by atoms with van der Waals surface area (Å²) in [6.45, 7) is 3.59. The number of nitro benzene ring substituents is 1. The molecule has 8 heteroatoms. The van der Waals surface area contributed by atoms with Gasteiger partial charge in [-0.15, -0.1) is 0 Å². The lowest BCUT2D eigenvalue weighted by Crippen LogP contribution is -2.19. The highest BCUT2D eigenvalue weighted by Crippen LogP contribution is 2.16. The Morgan fingerprint density at radius 2 is 1.78 bits per heavy atom. The lowest BCUT2D eigenvalue weighted by atomic mass is 10.2. The lowest BCUT2D eigenvalue weighted by Gasteiger charge is -2.07. The molecule has 2 rings (SSSR count). The van der Waals surface area contributed by atoms with E-state index in [1.54, 1.807) is 19.1 Å². The Morgan fingerprint density at radius 3 is 2.35 bits per heavy atom. The van der Waals surface area contributed by atoms with Crippen LogP contribution in [-0.2, 0) is 10.0 Å². The Balaban J connectivity index is 2.13. The lowest BCUT2D eigenvalue weighted by molar-refractivity contribution is -0.384. The third-order valence-corrected chi connectivity index (χ3v) is 4.49. The largest absolute Gasteiger partial charge is 0.276 e. The summed E-state index contributed by atoms with van der Waals surface area (Å²) in [6, 6.07) is 10.6. The zero-order chi connectivity index (χ0) is 17.0. The van der Waals surface area contributed by atoms with Crippen molar-refractivity contribution in [1.82, 2.24) is 4.83 Å². The molecule has 120 valence electrons. The van der Waals surface area contributed by atoms with E-state index in [1.165, 1.54) is 36.5 Å². The van der Waals surface area contributed by atoms with Crippen molar-refractivity contribution in [2.45, 2.75) is 18.7 Å². The van der Waals surface area contributed by atoms with Gasteiger partial charge in [0.25, 0.3) is 15.7 Å². The van der Waals surface area contributed by atoms with E-state index in [0.717, 1.165) is 5.56 Å². The van der Waals surface area contributed by atoms with Gasteiger partial charge in [0, 0.05) is 12.1 Å². The fraction of sp³-hybridized carbons (Fsp3) is 0.133. The Hall–Kier alpha value is -2.74. The first-order valence-electron chi connectivity index (χ1n) is 6.66. The van der Waals surface area contributed by atoms with Crippen molar-refractivity contribution in [1.29, 1.82) is 0 Å². The average Bonchev–Trinajstić information content (AvgIpc) is 2.47. The number of hydrogen-bond acceptors (Lipinski definition) is 5. The SMILES string of the molecule is Cc1ccc(S(=O)(=O)N/N=C/c2ccc([N+](=O)[O-])cc2)c(C)c1. The van der Waals surface area contributed by atoms with Crippen LogP contribution in [0.2, 0.25) is 0 Å². The number of rotatable bonds is 5. The van der Waals surface area contributed by atoms with E-state index in [1.807, 2.05) is 6.92 Å². The highest BCUT2D eigenvalue weighted by molar-refractivity contribution is 7.89. The molecule has 2 aromatic carbocycles. The van der Waals surface area contributed by atoms with Crippen molar-refractivity contribution in [3.05, 3.63) is 69.3 Å². The second-order valence-electron chi connectivity index (χ2n) is 4.97. The van der Waals surface area contributed by atoms with Gasteiger partial charge in [-0.2, -0.15) is 13.5 Å². The predicted molar refractivity (Wildman–Crippen MR) is 86.9 cm³/mol. The van der Waals surface area contributed by atoms with Crippen LogP contribution >= 0.6 is 0 Å². The minimum absolute atomic E-state index is 0.0435. The van der Waals surface area contributed by atoms with Crippen LogP contribution in [0.25, 0.3) is 0 Å². The summed E-state index contributed by atoms with van der Waals surface area (Å²) in [5.74, 6) is 0. The highest BCUT2D eigenvalue weighted by Gasteiger charge is 2.15. The van der Waals surface area contributed by atoms with Crippen LogP contribution < -0.4 is 4.83 Å². The zero-order valence-corrected chi connectivity index (χ0v) is 13.4. The van der Waals surface area contributed by atoms with Gasteiger partial charge in [0.15, 0.2) is 0 Å². The molecule has 0 spiro atoms. The molecule has 0 radical (unpaired) electrons. The fourth-order valence-corrected chi connectivity index (χ4v) is 3.02. The van der Waals surface area contributed by atoms with E-state index in [-0.39, 0.29) is 10.6 Å². The van der Waals surface area contributed by atoms with Crippen LogP contribution in [0.15, 0.2) is 52.5 Å². The smallest absolute Gasteiger partial charge is 0.258 e. The van der Waals surface area contributed by atoms with Crippen LogP contribution in [0.4, 0.5) is 5.69 Å². The van der Waals surface area contributed by atoms with E-state index < -0.39 is 14.9 Å². The third kappa shape index (κ3) is 4.13. The number of aryl methyl sites for hydroxylation is 2. The number of hydrogen-bond donors (Lipinski definition) is 1. The molecule has 2 aromatic rings. The van der Waals surface area contributed by atoms with E-state index in [9.17, 15) is 18.5 Å². The van der Waals surface area contributed by atoms with Gasteiger partial charge < -0.3 is 0 Å². The van der Waals surface area contributed by atoms with Crippen molar-refractivity contribution in [3.8, 4) is 0 Å². The molecule has 7 nitrogen and oxygen atoms in total. The number of nitrogens with one attached hydrogen (secondary N) is 1. The molecule has 0 aliphatic heterocycles. The van der Waals surface area contributed by atoms with Crippen molar-refractivity contribution in [2.75, 3.05) is 0 Å². The fourth-order valence-electron chi connectivity index (χ4n) is 2.00. The van der Waals surface area contributed by atoms with Gasteiger partial charge in [-0.1, -0.05) is 17.7 Å². The molecule has 0 atom stereocenters. The van der Waals surface area contributed by atoms with Gasteiger partial charge in [0.2, 0.25) is 0 Å². The monoisotopic (exact) mass is 333 g/mol. The van der Waals surface area contributed by atoms with Crippen molar-refractivity contribution < 1.29 is 13.3 Å². The number of non-ortho nitro benzene ring substituents is 1. The summed E-state index contributed by atoms with van der Waals surface area (Å²) in [6.07, 6.45) is 1.28. The Bertz CT molecular complexity index is 859. The molecule has 0 amide bonds. The molecule has 0 saturated heterocycles. The minimum Gasteiger partial charge on any atom is -0.258 e. The number of benzene rings is 2. The van der Waals surface area contributed by atoms with E-state index in [2.05, 4.69) is 9.93 Å². The molecule has 0 aliphatic rings. The number of nitro groups is 1. The Morgan fingerprint density at radius 1 is 1.13 bits per heavy atom. The molecule has 0 fully saturated rings. The maximum atomic E-state index is 12.2. The summed E-state index contributed by atoms with van der Waals surface area (Å²) < 4.78 is 24.4. The number of hydrazone groups is 1. The number of nitrogens with zero attached hydrogens (tertiary/aromatic N) is 2. The van der Waals surface area contributed by atoms with Crippen LogP contribution in [0.1, 0.15) is 16.7 Å². The molecule has 0 saturated carbocycles. The molecular formula is C15H15N3O4S. The van der Waals surface area contributed by atoms with Gasteiger partial charge in [-0.3, -0.25) is 10.1 Å². The second-order valence-corrected chi connectivity index (χ2v) is 6.60. The summed E-state index contributed by atoms with van der Waals surface area (Å²) in [5, 5.41) is 14.2. The van der Waals surface area contributed by atoms with Crippen LogP contribution in [0.3, 0.4) is 0 Å². The summed E-state index contributed by atoms with van der Waals surface area (Å²) in [4.78, 5) is 12.3. The van der Waals surface area contributed by atoms with Crippen molar-refractivity contribution in [3.63, 3.8) is 0 Å². The first-order valence-corrected chi connectivity index (χ1v) is 8.14. The Kier molecular flexibility index (Phi) is 4.75. The third-order valence-electron chi connectivity index (χ3n) is 3.11. The second kappa shape index (κ2) is 6.57. The summed E-state index contributed by atoms with van der Waals surface area (Å²) in [5.41, 5.74) is 2.09. The normalized spacial score (nSPS) is 11.6. The van der Waals surface area contributed by atoms with E-state index in [0.29, 0.717) is 11.1 Å². The van der Waals surface area contributed by atoms with Crippen LogP contribution in [-0.4, -0.2) is 19.6 Å². The molecule has 0 aliphatic carbocycles. The maximum Gasteiger partial charge on any atom is 0.276 e. The van der Waals surface area contributed by atoms with Gasteiger partial charge in [-0.05, 0) is 43.2 Å². The average molecular weight is 333 g/mol. The number of sulfonamides is 1. The van der Waals surface area contributed by atoms with Crippen LogP contribution in [0.5, 0.6) is 0 Å². The molecular weight excluding hydrogens is 318 g/mol. The van der Waals surface area contributed by atoms with E-state index >= 15 is 0 Å². The highest BCUT2D eigenvalue weighted by atomic mass is 32.2. The standard InChI is InChI=1S/C15H15N3O4S/c1-11-3-8-15(12(2)9-11)23(21,22)17-16-10-13-4-6-14(7-5-13)18(19)20/h3-10,17H,1-2H3/b16-10+. The zero-order valence-electron chi connectivity index (χ0n) is 12.6. The van der Waals surface area contributed by atoms with Crippen molar-refractivity contribution in [2.24, 2.45) is 5.10 Å². The maximum absolute atomic E-state index is 12.2. The quantitative estimate of drug-likeness (QED) is 0.516. The van der Waals surface area contributed by atoms with Gasteiger partial charge in [0.05, 0.1) is 16.0 Å². The molecule has 23 heavy (non-hydrogen) atoms. The topological polar surface area (TPSA) is 102 Å². The predicted octanol–water partition coefficient (Wildman–Crippen LogP) is 2.52. The van der Waals surface area contributed by atoms with Gasteiger partial charge in [0.1, 0.15) is 0 Å². The first-order chi connectivity index (χ1) is 10.8. The van der Waals surface area contributed by atoms with Gasteiger partial charge >= 0.3 is 0 Å². The molecule has 0 aromatic heterocycles.